The van der Waals surface area contributed by atoms with Crippen LogP contribution >= 0.6 is 0 Å². The van der Waals surface area contributed by atoms with E-state index in [0.29, 0.717) is 18.1 Å². The summed E-state index contributed by atoms with van der Waals surface area (Å²) in [5, 5.41) is 0. The van der Waals surface area contributed by atoms with E-state index in [9.17, 15) is 4.79 Å². The number of likely N-dealkylation sites (N-methyl/N-ethyl adjacent to an activating group) is 1. The molecule has 0 saturated heterocycles. The van der Waals surface area contributed by atoms with Crippen LogP contribution in [-0.4, -0.2) is 31.0 Å². The Morgan fingerprint density at radius 1 is 1.14 bits per heavy atom. The molecule has 0 saturated carbocycles. The fraction of sp³-hybridized carbons (Fsp3) is 0.200. The van der Waals surface area contributed by atoms with E-state index < -0.39 is 0 Å². The van der Waals surface area contributed by atoms with Crippen LogP contribution in [0.2, 0.25) is 0 Å². The van der Waals surface area contributed by atoms with Gasteiger partial charge in [-0.15, -0.1) is 0 Å². The van der Waals surface area contributed by atoms with Gasteiger partial charge in [-0.1, -0.05) is 18.2 Å². The fourth-order valence-corrected chi connectivity index (χ4v) is 2.49. The molecule has 6 heteroatoms. The maximum atomic E-state index is 12.7. The summed E-state index contributed by atoms with van der Waals surface area (Å²) in [4.78, 5) is 20.8. The number of benzene rings is 1. The molecule has 1 amide bonds. The Bertz CT molecular complexity index is 673. The number of carbonyl (C=O) groups is 1. The number of amides is 1. The van der Waals surface area contributed by atoms with Gasteiger partial charge in [0.1, 0.15) is 11.5 Å². The van der Waals surface area contributed by atoms with Gasteiger partial charge in [-0.3, -0.25) is 4.79 Å². The van der Waals surface area contributed by atoms with Crippen LogP contribution < -0.4 is 21.1 Å². The number of nitrogens with two attached hydrogens (primary N) is 1. The van der Waals surface area contributed by atoms with Gasteiger partial charge < -0.3 is 15.2 Å². The molecule has 0 fully saturated rings. The van der Waals surface area contributed by atoms with Crippen LogP contribution in [-0.2, 0) is 0 Å². The number of hydrogen-bond acceptors (Lipinski definition) is 5. The predicted octanol–water partition coefficient (Wildman–Crippen LogP) is 1.46. The van der Waals surface area contributed by atoms with E-state index in [0.717, 1.165) is 17.9 Å². The zero-order valence-electron chi connectivity index (χ0n) is 11.8. The van der Waals surface area contributed by atoms with E-state index >= 15 is 0 Å². The Hall–Kier alpha value is -2.60. The van der Waals surface area contributed by atoms with Crippen molar-refractivity contribution in [2.24, 2.45) is 5.84 Å². The van der Waals surface area contributed by atoms with E-state index in [1.165, 1.54) is 0 Å². The minimum Gasteiger partial charge on any atom is -0.371 e. The highest BCUT2D eigenvalue weighted by Gasteiger charge is 2.26. The van der Waals surface area contributed by atoms with Gasteiger partial charge in [0.25, 0.3) is 5.91 Å². The molecule has 0 spiro atoms. The van der Waals surface area contributed by atoms with E-state index in [2.05, 4.69) is 15.3 Å². The molecule has 2 heterocycles. The van der Waals surface area contributed by atoms with Crippen molar-refractivity contribution in [1.82, 2.24) is 4.98 Å². The molecule has 0 aliphatic carbocycles. The van der Waals surface area contributed by atoms with Crippen molar-refractivity contribution in [1.29, 1.82) is 0 Å². The fourth-order valence-electron chi connectivity index (χ4n) is 2.49. The van der Waals surface area contributed by atoms with E-state index in [1.54, 1.807) is 23.1 Å². The summed E-state index contributed by atoms with van der Waals surface area (Å²) in [6, 6.07) is 13.0. The zero-order chi connectivity index (χ0) is 14.8. The van der Waals surface area contributed by atoms with Crippen molar-refractivity contribution in [2.45, 2.75) is 0 Å². The quantitative estimate of drug-likeness (QED) is 0.645. The van der Waals surface area contributed by atoms with Gasteiger partial charge >= 0.3 is 0 Å². The summed E-state index contributed by atoms with van der Waals surface area (Å²) in [6.45, 7) is 1.42. The highest BCUT2D eigenvalue weighted by atomic mass is 16.2. The predicted molar refractivity (Wildman–Crippen MR) is 83.4 cm³/mol. The summed E-state index contributed by atoms with van der Waals surface area (Å²) in [7, 11) is 2.03. The van der Waals surface area contributed by atoms with Crippen LogP contribution in [0.4, 0.5) is 17.2 Å². The number of anilines is 3. The minimum absolute atomic E-state index is 0.118. The Labute approximate surface area is 123 Å². The first-order chi connectivity index (χ1) is 10.2. The second-order valence-corrected chi connectivity index (χ2v) is 4.92. The summed E-state index contributed by atoms with van der Waals surface area (Å²) < 4.78 is 0. The van der Waals surface area contributed by atoms with Crippen LogP contribution in [0.5, 0.6) is 0 Å². The lowest BCUT2D eigenvalue weighted by Gasteiger charge is -2.35. The number of nitrogens with zero attached hydrogens (tertiary/aromatic N) is 3. The van der Waals surface area contributed by atoms with Crippen molar-refractivity contribution in [3.8, 4) is 0 Å². The smallest absolute Gasteiger partial charge is 0.277 e. The van der Waals surface area contributed by atoms with E-state index in [4.69, 9.17) is 5.84 Å². The van der Waals surface area contributed by atoms with Crippen LogP contribution in [0.3, 0.4) is 0 Å². The average Bonchev–Trinajstić information content (AvgIpc) is 2.55. The molecule has 1 aromatic heterocycles. The van der Waals surface area contributed by atoms with Crippen molar-refractivity contribution in [3.63, 3.8) is 0 Å². The molecule has 3 N–H and O–H groups in total. The minimum atomic E-state index is -0.118. The van der Waals surface area contributed by atoms with Crippen molar-refractivity contribution >= 4 is 23.1 Å². The second kappa shape index (κ2) is 5.41. The van der Waals surface area contributed by atoms with Crippen LogP contribution in [0, 0.1) is 0 Å². The molecule has 1 aromatic carbocycles. The third-order valence-corrected chi connectivity index (χ3v) is 3.60. The number of hydrazine groups is 1. The maximum absolute atomic E-state index is 12.7. The molecule has 2 aromatic rings. The molecular weight excluding hydrogens is 266 g/mol. The molecule has 0 atom stereocenters. The standard InChI is InChI=1S/C15H17N5O/c1-19-9-10-20(13-7-3-2-6-12(13)19)15(21)11-5-4-8-14(17-11)18-16/h2-8H,9-10,16H2,1H3,(H,17,18). The third-order valence-electron chi connectivity index (χ3n) is 3.60. The number of aromatic nitrogens is 1. The zero-order valence-corrected chi connectivity index (χ0v) is 11.8. The van der Waals surface area contributed by atoms with Crippen LogP contribution in [0.25, 0.3) is 0 Å². The topological polar surface area (TPSA) is 74.5 Å². The molecule has 3 rings (SSSR count). The molecule has 1 aliphatic rings. The normalized spacial score (nSPS) is 13.8. The Morgan fingerprint density at radius 2 is 1.90 bits per heavy atom. The van der Waals surface area contributed by atoms with Gasteiger partial charge in [0.05, 0.1) is 11.4 Å². The van der Waals surface area contributed by atoms with Gasteiger partial charge in [-0.05, 0) is 24.3 Å². The molecule has 0 unspecified atom stereocenters. The number of nitrogens with one attached hydrogen (secondary N) is 1. The number of pyridine rings is 1. The summed E-state index contributed by atoms with van der Waals surface area (Å²) in [5.74, 6) is 5.71. The summed E-state index contributed by atoms with van der Waals surface area (Å²) in [6.07, 6.45) is 0. The molecule has 21 heavy (non-hydrogen) atoms. The van der Waals surface area contributed by atoms with Gasteiger partial charge in [0, 0.05) is 20.1 Å². The Kier molecular flexibility index (Phi) is 3.45. The van der Waals surface area contributed by atoms with Gasteiger partial charge in [0.15, 0.2) is 0 Å². The highest BCUT2D eigenvalue weighted by Crippen LogP contribution is 2.32. The number of rotatable bonds is 2. The first-order valence-electron chi connectivity index (χ1n) is 6.76. The van der Waals surface area contributed by atoms with Gasteiger partial charge in [0.2, 0.25) is 0 Å². The molecule has 0 radical (unpaired) electrons. The Balaban J connectivity index is 1.97. The number of nitrogen functional groups attached to an aromatic ring is 1. The summed E-state index contributed by atoms with van der Waals surface area (Å²) in [5.41, 5.74) is 4.79. The largest absolute Gasteiger partial charge is 0.371 e. The highest BCUT2D eigenvalue weighted by molar-refractivity contribution is 6.07. The lowest BCUT2D eigenvalue weighted by Crippen LogP contribution is -2.43. The summed E-state index contributed by atoms with van der Waals surface area (Å²) >= 11 is 0. The van der Waals surface area contributed by atoms with Gasteiger partial charge in [-0.2, -0.15) is 0 Å². The molecule has 1 aliphatic heterocycles. The third kappa shape index (κ3) is 2.41. The van der Waals surface area contributed by atoms with Gasteiger partial charge in [-0.25, -0.2) is 10.8 Å². The molecule has 0 bridgehead atoms. The van der Waals surface area contributed by atoms with Crippen molar-refractivity contribution < 1.29 is 4.79 Å². The lowest BCUT2D eigenvalue weighted by atomic mass is 10.1. The van der Waals surface area contributed by atoms with Crippen LogP contribution in [0.1, 0.15) is 10.5 Å². The van der Waals surface area contributed by atoms with E-state index in [1.807, 2.05) is 31.3 Å². The maximum Gasteiger partial charge on any atom is 0.277 e. The SMILES string of the molecule is CN1CCN(C(=O)c2cccc(NN)n2)c2ccccc21. The molecular formula is C15H17N5O. The lowest BCUT2D eigenvalue weighted by molar-refractivity contribution is 0.0982. The number of para-hydroxylation sites is 2. The molecule has 108 valence electrons. The first-order valence-corrected chi connectivity index (χ1v) is 6.76. The van der Waals surface area contributed by atoms with E-state index in [-0.39, 0.29) is 5.91 Å². The monoisotopic (exact) mass is 283 g/mol. The van der Waals surface area contributed by atoms with Crippen molar-refractivity contribution in [3.05, 3.63) is 48.2 Å². The average molecular weight is 283 g/mol. The second-order valence-electron chi connectivity index (χ2n) is 4.92. The number of fused-ring (bicyclic) bond motifs is 1. The van der Waals surface area contributed by atoms with Crippen LogP contribution in [0.15, 0.2) is 42.5 Å². The molecule has 6 nitrogen and oxygen atoms in total. The number of hydrogen-bond donors (Lipinski definition) is 2. The number of carbonyl (C=O) groups excluding carboxylic acids is 1. The van der Waals surface area contributed by atoms with Crippen molar-refractivity contribution in [2.75, 3.05) is 35.4 Å². The Morgan fingerprint density at radius 3 is 2.67 bits per heavy atom. The first kappa shape index (κ1) is 13.4.